The normalized spacial score (nSPS) is 11.0. The third-order valence-corrected chi connectivity index (χ3v) is 5.37. The average molecular weight is 346 g/mol. The van der Waals surface area contributed by atoms with E-state index >= 15 is 0 Å². The second kappa shape index (κ2) is 6.59. The first-order valence-corrected chi connectivity index (χ1v) is 8.87. The van der Waals surface area contributed by atoms with Crippen LogP contribution in [0, 0.1) is 6.92 Å². The number of ketones is 1. The van der Waals surface area contributed by atoms with E-state index in [1.165, 1.54) is 33.2 Å². The number of carbonyl (C=O) groups excluding carboxylic acids is 1. The van der Waals surface area contributed by atoms with Gasteiger partial charge in [0.25, 0.3) is 5.56 Å². The molecule has 23 heavy (non-hydrogen) atoms. The summed E-state index contributed by atoms with van der Waals surface area (Å²) in [6.07, 6.45) is 0.949. The summed E-state index contributed by atoms with van der Waals surface area (Å²) >= 11 is 2.56. The number of benzene rings is 1. The van der Waals surface area contributed by atoms with E-state index in [0.29, 0.717) is 20.6 Å². The van der Waals surface area contributed by atoms with Crippen molar-refractivity contribution in [3.05, 3.63) is 51.4 Å². The molecule has 8 heteroatoms. The van der Waals surface area contributed by atoms with E-state index in [0.717, 1.165) is 6.42 Å². The maximum atomic E-state index is 12.2. The standard InChI is InChI=1S/C15H14N4O2S2/c1-3-10-4-6-11(7-5-10)12(20)8-22-15-18-19-13(21)9(2)16-17-14(19)23-15/h4-7H,3,8H2,1-2H3. The molecule has 1 aromatic carbocycles. The number of carbonyl (C=O) groups is 1. The van der Waals surface area contributed by atoms with Gasteiger partial charge in [0.2, 0.25) is 4.96 Å². The summed E-state index contributed by atoms with van der Waals surface area (Å²) < 4.78 is 1.86. The fraction of sp³-hybridized carbons (Fsp3) is 0.267. The quantitative estimate of drug-likeness (QED) is 0.521. The molecular weight excluding hydrogens is 332 g/mol. The van der Waals surface area contributed by atoms with E-state index in [2.05, 4.69) is 22.2 Å². The van der Waals surface area contributed by atoms with E-state index in [-0.39, 0.29) is 17.1 Å². The molecule has 0 radical (unpaired) electrons. The molecule has 0 bridgehead atoms. The van der Waals surface area contributed by atoms with Crippen molar-refractivity contribution < 1.29 is 4.79 Å². The highest BCUT2D eigenvalue weighted by Crippen LogP contribution is 2.23. The van der Waals surface area contributed by atoms with Gasteiger partial charge in [-0.3, -0.25) is 9.59 Å². The van der Waals surface area contributed by atoms with Crippen molar-refractivity contribution in [3.63, 3.8) is 0 Å². The molecule has 3 aromatic rings. The SMILES string of the molecule is CCc1ccc(C(=O)CSc2nn3c(=O)c(C)nnc3s2)cc1. The van der Waals surface area contributed by atoms with Gasteiger partial charge in [-0.05, 0) is 18.9 Å². The molecule has 0 atom stereocenters. The van der Waals surface area contributed by atoms with E-state index in [9.17, 15) is 9.59 Å². The Balaban J connectivity index is 1.73. The van der Waals surface area contributed by atoms with Gasteiger partial charge < -0.3 is 0 Å². The Hall–Kier alpha value is -2.06. The van der Waals surface area contributed by atoms with Crippen molar-refractivity contribution in [1.29, 1.82) is 0 Å². The predicted octanol–water partition coefficient (Wildman–Crippen LogP) is 2.39. The van der Waals surface area contributed by atoms with E-state index in [1.807, 2.05) is 24.3 Å². The Kier molecular flexibility index (Phi) is 4.53. The van der Waals surface area contributed by atoms with Crippen molar-refractivity contribution >= 4 is 33.8 Å². The second-order valence-corrected chi connectivity index (χ2v) is 7.09. The lowest BCUT2D eigenvalue weighted by Crippen LogP contribution is -2.19. The van der Waals surface area contributed by atoms with Crippen molar-refractivity contribution in [2.75, 3.05) is 5.75 Å². The number of aryl methyl sites for hydroxylation is 2. The van der Waals surface area contributed by atoms with Crippen LogP contribution in [0.25, 0.3) is 4.96 Å². The van der Waals surface area contributed by atoms with Crippen molar-refractivity contribution in [2.45, 2.75) is 24.6 Å². The maximum Gasteiger partial charge on any atom is 0.296 e. The van der Waals surface area contributed by atoms with Crippen LogP contribution in [0.3, 0.4) is 0 Å². The Morgan fingerprint density at radius 3 is 2.70 bits per heavy atom. The zero-order valence-corrected chi connectivity index (χ0v) is 14.3. The van der Waals surface area contributed by atoms with Crippen LogP contribution in [-0.2, 0) is 6.42 Å². The molecule has 0 unspecified atom stereocenters. The summed E-state index contributed by atoms with van der Waals surface area (Å²) in [4.78, 5) is 24.5. The Morgan fingerprint density at radius 1 is 1.26 bits per heavy atom. The molecule has 0 spiro atoms. The molecule has 0 fully saturated rings. The van der Waals surface area contributed by atoms with Crippen LogP contribution in [0.5, 0.6) is 0 Å². The van der Waals surface area contributed by atoms with Gasteiger partial charge in [0, 0.05) is 5.56 Å². The molecule has 0 aliphatic heterocycles. The summed E-state index contributed by atoms with van der Waals surface area (Å²) in [5.41, 5.74) is 1.91. The van der Waals surface area contributed by atoms with Gasteiger partial charge in [0.05, 0.1) is 5.75 Å². The van der Waals surface area contributed by atoms with Crippen LogP contribution in [0.4, 0.5) is 0 Å². The maximum absolute atomic E-state index is 12.2. The number of aromatic nitrogens is 4. The minimum absolute atomic E-state index is 0.0338. The summed E-state index contributed by atoms with van der Waals surface area (Å²) in [6.45, 7) is 3.67. The monoisotopic (exact) mass is 346 g/mol. The molecule has 0 N–H and O–H groups in total. The highest BCUT2D eigenvalue weighted by atomic mass is 32.2. The van der Waals surface area contributed by atoms with Gasteiger partial charge in [-0.25, -0.2) is 0 Å². The number of Topliss-reactive ketones (excluding diaryl/α,β-unsaturated/α-hetero) is 1. The van der Waals surface area contributed by atoms with Crippen molar-refractivity contribution in [1.82, 2.24) is 19.8 Å². The largest absolute Gasteiger partial charge is 0.296 e. The molecule has 0 amide bonds. The molecule has 0 saturated carbocycles. The van der Waals surface area contributed by atoms with E-state index in [1.54, 1.807) is 6.92 Å². The number of hydrogen-bond donors (Lipinski definition) is 0. The molecule has 0 aliphatic carbocycles. The molecule has 0 aliphatic rings. The number of fused-ring (bicyclic) bond motifs is 1. The molecule has 3 rings (SSSR count). The van der Waals surface area contributed by atoms with E-state index in [4.69, 9.17) is 0 Å². The van der Waals surface area contributed by atoms with Crippen LogP contribution < -0.4 is 5.56 Å². The Labute approximate surface area is 140 Å². The van der Waals surface area contributed by atoms with Crippen LogP contribution in [-0.4, -0.2) is 31.3 Å². The third-order valence-electron chi connectivity index (χ3n) is 3.34. The lowest BCUT2D eigenvalue weighted by molar-refractivity contribution is 0.102. The van der Waals surface area contributed by atoms with Crippen LogP contribution in [0.2, 0.25) is 0 Å². The number of rotatable bonds is 5. The van der Waals surface area contributed by atoms with Crippen LogP contribution >= 0.6 is 23.1 Å². The molecule has 118 valence electrons. The van der Waals surface area contributed by atoms with Gasteiger partial charge in [-0.2, -0.15) is 4.52 Å². The predicted molar refractivity (Wildman–Crippen MR) is 90.5 cm³/mol. The van der Waals surface area contributed by atoms with E-state index < -0.39 is 0 Å². The van der Waals surface area contributed by atoms with Crippen molar-refractivity contribution in [3.8, 4) is 0 Å². The fourth-order valence-electron chi connectivity index (χ4n) is 1.97. The minimum Gasteiger partial charge on any atom is -0.293 e. The zero-order valence-electron chi connectivity index (χ0n) is 12.6. The second-order valence-electron chi connectivity index (χ2n) is 4.92. The topological polar surface area (TPSA) is 77.2 Å². The first-order chi connectivity index (χ1) is 11.1. The third kappa shape index (κ3) is 3.32. The van der Waals surface area contributed by atoms with Crippen LogP contribution in [0.15, 0.2) is 33.4 Å². The van der Waals surface area contributed by atoms with Gasteiger partial charge in [0.15, 0.2) is 10.1 Å². The van der Waals surface area contributed by atoms with Crippen molar-refractivity contribution in [2.24, 2.45) is 0 Å². The Morgan fingerprint density at radius 2 is 2.00 bits per heavy atom. The summed E-state index contributed by atoms with van der Waals surface area (Å²) in [6, 6.07) is 7.62. The van der Waals surface area contributed by atoms with Gasteiger partial charge in [-0.1, -0.05) is 54.3 Å². The molecule has 6 nitrogen and oxygen atoms in total. The molecular formula is C15H14N4O2S2. The average Bonchev–Trinajstić information content (AvgIpc) is 3.00. The highest BCUT2D eigenvalue weighted by molar-refractivity contribution is 8.01. The number of thioether (sulfide) groups is 1. The summed E-state index contributed by atoms with van der Waals surface area (Å²) in [5.74, 6) is 0.304. The molecule has 2 aromatic heterocycles. The summed E-state index contributed by atoms with van der Waals surface area (Å²) in [7, 11) is 0. The first kappa shape index (κ1) is 15.8. The number of hydrogen-bond acceptors (Lipinski definition) is 7. The summed E-state index contributed by atoms with van der Waals surface area (Å²) in [5, 5.41) is 11.9. The van der Waals surface area contributed by atoms with Gasteiger partial charge >= 0.3 is 0 Å². The number of nitrogens with zero attached hydrogens (tertiary/aromatic N) is 4. The zero-order chi connectivity index (χ0) is 16.4. The molecule has 0 saturated heterocycles. The lowest BCUT2D eigenvalue weighted by atomic mass is 10.1. The lowest BCUT2D eigenvalue weighted by Gasteiger charge is -2.01. The fourth-order valence-corrected chi connectivity index (χ4v) is 3.74. The first-order valence-electron chi connectivity index (χ1n) is 7.06. The highest BCUT2D eigenvalue weighted by Gasteiger charge is 2.12. The Bertz CT molecular complexity index is 915. The van der Waals surface area contributed by atoms with Crippen LogP contribution in [0.1, 0.15) is 28.5 Å². The van der Waals surface area contributed by atoms with Gasteiger partial charge in [-0.15, -0.1) is 15.3 Å². The minimum atomic E-state index is -0.278. The van der Waals surface area contributed by atoms with Gasteiger partial charge in [0.1, 0.15) is 5.69 Å². The smallest absolute Gasteiger partial charge is 0.293 e. The molecule has 2 heterocycles.